The van der Waals surface area contributed by atoms with Crippen molar-refractivity contribution in [2.24, 2.45) is 18.1 Å². The fraction of sp³-hybridized carbons (Fsp3) is 0.318. The number of carbonyl (C=O) groups is 2. The lowest BCUT2D eigenvalue weighted by Crippen LogP contribution is -2.55. The van der Waals surface area contributed by atoms with Gasteiger partial charge in [0.1, 0.15) is 25.3 Å². The summed E-state index contributed by atoms with van der Waals surface area (Å²) in [6.45, 7) is 1.81. The summed E-state index contributed by atoms with van der Waals surface area (Å²) in [5.41, 5.74) is 8.93. The summed E-state index contributed by atoms with van der Waals surface area (Å²) in [6, 6.07) is 2.46. The normalized spacial score (nSPS) is 17.3. The molecule has 0 fully saturated rings. The first-order chi connectivity index (χ1) is 19.2. The minimum Gasteiger partial charge on any atom is -0.543 e. The summed E-state index contributed by atoms with van der Waals surface area (Å²) in [6.07, 6.45) is 3.80. The van der Waals surface area contributed by atoms with Gasteiger partial charge in [0.2, 0.25) is 0 Å². The van der Waals surface area contributed by atoms with Crippen LogP contribution in [0.15, 0.2) is 50.0 Å². The van der Waals surface area contributed by atoms with Crippen LogP contribution in [0.1, 0.15) is 12.7 Å². The van der Waals surface area contributed by atoms with Crippen LogP contribution in [0.4, 0.5) is 5.13 Å². The highest BCUT2D eigenvalue weighted by Crippen LogP contribution is 2.39. The number of thioether (sulfide) groups is 2. The summed E-state index contributed by atoms with van der Waals surface area (Å²) in [7, 11) is 1.91. The number of hydrogen-bond acceptors (Lipinski definition) is 16. The molecule has 0 spiro atoms. The quantitative estimate of drug-likeness (QED) is 0.104. The fourth-order valence-corrected chi connectivity index (χ4v) is 7.46. The molecule has 0 amide bonds. The van der Waals surface area contributed by atoms with E-state index in [1.54, 1.807) is 6.92 Å². The van der Waals surface area contributed by atoms with E-state index >= 15 is 0 Å². The number of carboxylic acid groups (broad SMARTS) is 2. The molecule has 0 aliphatic carbocycles. The molecule has 0 bridgehead atoms. The van der Waals surface area contributed by atoms with Crippen molar-refractivity contribution in [3.63, 3.8) is 0 Å². The number of nitrogens with two attached hydrogens (primary N) is 1. The van der Waals surface area contributed by atoms with Crippen molar-refractivity contribution in [3.05, 3.63) is 46.3 Å². The number of nitrogen functional groups attached to an aromatic ring is 1. The Hall–Kier alpha value is -3.29. The number of carbonyl (C=O) groups excluding carboxylic acids is 1. The second kappa shape index (κ2) is 13.4. The predicted molar refractivity (Wildman–Crippen MR) is 148 cm³/mol. The van der Waals surface area contributed by atoms with Crippen molar-refractivity contribution in [1.29, 1.82) is 0 Å². The molecule has 212 valence electrons. The molecular formula is C22H24N8O6S4. The van der Waals surface area contributed by atoms with E-state index in [1.165, 1.54) is 11.3 Å². The van der Waals surface area contributed by atoms with Crippen molar-refractivity contribution in [1.82, 2.24) is 25.1 Å². The average molecular weight is 625 g/mol. The molecule has 3 aromatic rings. The lowest BCUT2D eigenvalue weighted by atomic mass is 9.95. The van der Waals surface area contributed by atoms with Gasteiger partial charge in [-0.3, -0.25) is 4.79 Å². The molecule has 3 aromatic heterocycles. The van der Waals surface area contributed by atoms with Crippen LogP contribution >= 0.6 is 46.4 Å². The zero-order valence-corrected chi connectivity index (χ0v) is 24.3. The van der Waals surface area contributed by atoms with Crippen LogP contribution in [0.25, 0.3) is 11.3 Å². The monoisotopic (exact) mass is 624 g/mol. The lowest BCUT2D eigenvalue weighted by molar-refractivity contribution is -0.671. The van der Waals surface area contributed by atoms with E-state index in [1.807, 2.05) is 47.0 Å². The van der Waals surface area contributed by atoms with Gasteiger partial charge in [-0.05, 0) is 6.92 Å². The van der Waals surface area contributed by atoms with Crippen molar-refractivity contribution in [3.8, 4) is 11.3 Å². The number of aryl methyl sites for hydroxylation is 1. The second-order valence-corrected chi connectivity index (χ2v) is 12.2. The largest absolute Gasteiger partial charge is 0.543 e. The summed E-state index contributed by atoms with van der Waals surface area (Å²) < 4.78 is 6.57. The number of aliphatic carboxylic acids is 2. The van der Waals surface area contributed by atoms with Gasteiger partial charge in [-0.15, -0.1) is 23.1 Å². The molecule has 40 heavy (non-hydrogen) atoms. The molecule has 3 atom stereocenters. The number of rotatable bonds is 12. The first-order valence-corrected chi connectivity index (χ1v) is 15.1. The van der Waals surface area contributed by atoms with Gasteiger partial charge < -0.3 is 36.1 Å². The number of thiazole rings is 1. The van der Waals surface area contributed by atoms with E-state index in [9.17, 15) is 25.0 Å². The van der Waals surface area contributed by atoms with Crippen molar-refractivity contribution in [2.75, 3.05) is 18.1 Å². The maximum atomic E-state index is 12.5. The standard InChI is InChI=1S/C22H24N8O6S4/c1-3-36-28-16(17-26-21(23)40-29-17)15(27-35)13(19(31)32)18-25-14(20(33)34)12(9-37-18)39-22-24-11(8-38-22)10-4-6-30(2)7-5-10/h4-8,13,15,18,25,27,35H,3,9H2,1-2H3,(H3-,23,26,29,31,32,33,34)/b28-16-. The first-order valence-electron chi connectivity index (χ1n) is 11.5. The second-order valence-electron chi connectivity index (χ2n) is 8.14. The highest BCUT2D eigenvalue weighted by molar-refractivity contribution is 8.07. The topological polar surface area (TPSA) is 212 Å². The highest BCUT2D eigenvalue weighted by atomic mass is 32.2. The fourth-order valence-electron chi connectivity index (χ4n) is 3.63. The Labute approximate surface area is 244 Å². The van der Waals surface area contributed by atoms with Gasteiger partial charge >= 0.3 is 5.97 Å². The average Bonchev–Trinajstić information content (AvgIpc) is 3.58. The number of carboxylic acids is 2. The van der Waals surface area contributed by atoms with Crippen LogP contribution < -0.4 is 26.2 Å². The van der Waals surface area contributed by atoms with E-state index in [0.29, 0.717) is 9.24 Å². The Morgan fingerprint density at radius 1 is 1.40 bits per heavy atom. The predicted octanol–water partition coefficient (Wildman–Crippen LogP) is 0.273. The number of hydroxylamine groups is 1. The molecule has 4 rings (SSSR count). The van der Waals surface area contributed by atoms with Crippen molar-refractivity contribution in [2.45, 2.75) is 22.7 Å². The molecule has 3 unspecified atom stereocenters. The maximum absolute atomic E-state index is 12.5. The molecule has 6 N–H and O–H groups in total. The van der Waals surface area contributed by atoms with E-state index in [-0.39, 0.29) is 34.7 Å². The third-order valence-electron chi connectivity index (χ3n) is 5.50. The summed E-state index contributed by atoms with van der Waals surface area (Å²) >= 11 is 4.52. The Kier molecular flexibility index (Phi) is 9.93. The molecule has 0 saturated carbocycles. The van der Waals surface area contributed by atoms with Crippen LogP contribution in [0, 0.1) is 5.92 Å². The third kappa shape index (κ3) is 6.88. The molecule has 4 heterocycles. The lowest BCUT2D eigenvalue weighted by Gasteiger charge is -2.35. The van der Waals surface area contributed by atoms with E-state index < -0.39 is 29.3 Å². The number of anilines is 1. The van der Waals surface area contributed by atoms with Gasteiger partial charge in [-0.2, -0.15) is 14.8 Å². The van der Waals surface area contributed by atoms with Crippen LogP contribution in [0.5, 0.6) is 0 Å². The van der Waals surface area contributed by atoms with Gasteiger partial charge in [-0.1, -0.05) is 16.9 Å². The SMILES string of the molecule is CCO/N=C(\c1nsc(N)n1)C(NO)C(C(=O)O)C1NC(C(=O)[O-])=C(Sc2nc(-c3cc[n+](C)cc3)cs2)CS1. The number of hydrogen-bond donors (Lipinski definition) is 5. The molecule has 0 aromatic carbocycles. The third-order valence-corrected chi connectivity index (χ3v) is 9.48. The van der Waals surface area contributed by atoms with Crippen molar-refractivity contribution >= 4 is 69.2 Å². The number of oxime groups is 1. The molecule has 0 radical (unpaired) electrons. The van der Waals surface area contributed by atoms with Gasteiger partial charge in [0, 0.05) is 45.3 Å². The first kappa shape index (κ1) is 29.7. The Balaban J connectivity index is 1.60. The Bertz CT molecular complexity index is 1430. The Morgan fingerprint density at radius 2 is 2.15 bits per heavy atom. The maximum Gasteiger partial charge on any atom is 0.311 e. The smallest absolute Gasteiger partial charge is 0.311 e. The van der Waals surface area contributed by atoms with Gasteiger partial charge in [0.05, 0.1) is 28.8 Å². The summed E-state index contributed by atoms with van der Waals surface area (Å²) in [4.78, 5) is 38.8. The van der Waals surface area contributed by atoms with Gasteiger partial charge in [0.15, 0.2) is 27.7 Å². The van der Waals surface area contributed by atoms with E-state index in [2.05, 4.69) is 24.8 Å². The number of pyridine rings is 1. The van der Waals surface area contributed by atoms with Crippen LogP contribution in [-0.2, 0) is 21.5 Å². The molecule has 1 aliphatic heterocycles. The summed E-state index contributed by atoms with van der Waals surface area (Å²) in [5.74, 6) is -4.20. The zero-order valence-electron chi connectivity index (χ0n) is 21.0. The van der Waals surface area contributed by atoms with Gasteiger partial charge in [-0.25, -0.2) is 9.55 Å². The number of aromatic nitrogens is 4. The zero-order chi connectivity index (χ0) is 28.8. The van der Waals surface area contributed by atoms with Gasteiger partial charge in [0.25, 0.3) is 0 Å². The number of nitrogens with one attached hydrogen (secondary N) is 2. The molecule has 14 nitrogen and oxygen atoms in total. The highest BCUT2D eigenvalue weighted by Gasteiger charge is 2.43. The minimum atomic E-state index is -1.50. The van der Waals surface area contributed by atoms with E-state index in [4.69, 9.17) is 10.6 Å². The van der Waals surface area contributed by atoms with E-state index in [0.717, 1.165) is 46.3 Å². The minimum absolute atomic E-state index is 0.0341. The van der Waals surface area contributed by atoms with Crippen LogP contribution in [-0.4, -0.2) is 66.1 Å². The summed E-state index contributed by atoms with van der Waals surface area (Å²) in [5, 5.41) is 39.9. The Morgan fingerprint density at radius 3 is 2.75 bits per heavy atom. The van der Waals surface area contributed by atoms with Crippen molar-refractivity contribution < 1.29 is 34.4 Å². The molecular weight excluding hydrogens is 601 g/mol. The molecule has 18 heteroatoms. The number of nitrogens with zero attached hydrogens (tertiary/aromatic N) is 5. The molecule has 0 saturated heterocycles. The molecule has 1 aliphatic rings. The van der Waals surface area contributed by atoms with Crippen LogP contribution in [0.2, 0.25) is 0 Å². The van der Waals surface area contributed by atoms with Crippen LogP contribution in [0.3, 0.4) is 0 Å².